The van der Waals surface area contributed by atoms with Gasteiger partial charge in [0.05, 0.1) is 6.07 Å². The van der Waals surface area contributed by atoms with Crippen LogP contribution in [0.1, 0.15) is 129 Å². The number of carbonyl (C=O) groups is 1. The predicted molar refractivity (Wildman–Crippen MR) is 136 cm³/mol. The first-order valence-electron chi connectivity index (χ1n) is 13.5. The molecule has 0 aliphatic carbocycles. The summed E-state index contributed by atoms with van der Waals surface area (Å²) in [6, 6.07) is 5.72. The van der Waals surface area contributed by atoms with E-state index in [0.717, 1.165) is 13.0 Å². The standard InChI is InChI=1S/C29H50NO2.ClH/c1-4-5-6-7-8-9-10-11-12-13-14-15-16-17-18-19-20-22-25-30-26-23-21-24-28(30)32-29(31)27(2)3;/h21,23-24,26H,2,4-20,22,25H2,1,3H3;1H/q+1;/p-1. The van der Waals surface area contributed by atoms with Gasteiger partial charge in [0, 0.05) is 18.1 Å². The molecule has 0 saturated carbocycles. The van der Waals surface area contributed by atoms with Crippen LogP contribution in [0, 0.1) is 0 Å². The number of nitrogens with zero attached hydrogens (tertiary/aromatic N) is 1. The van der Waals surface area contributed by atoms with Gasteiger partial charge in [-0.1, -0.05) is 116 Å². The van der Waals surface area contributed by atoms with Gasteiger partial charge < -0.3 is 17.1 Å². The van der Waals surface area contributed by atoms with Crippen molar-refractivity contribution in [2.24, 2.45) is 0 Å². The lowest BCUT2D eigenvalue weighted by molar-refractivity contribution is -0.700. The molecule has 1 heterocycles. The Labute approximate surface area is 210 Å². The summed E-state index contributed by atoms with van der Waals surface area (Å²) in [7, 11) is 0. The van der Waals surface area contributed by atoms with Crippen molar-refractivity contribution in [3.8, 4) is 5.88 Å². The molecule has 0 amide bonds. The molecule has 0 aliphatic rings. The smallest absolute Gasteiger partial charge is 0.375 e. The summed E-state index contributed by atoms with van der Waals surface area (Å²) in [6.45, 7) is 8.50. The summed E-state index contributed by atoms with van der Waals surface area (Å²) in [4.78, 5) is 11.8. The summed E-state index contributed by atoms with van der Waals surface area (Å²) in [5, 5.41) is 0. The minimum atomic E-state index is -0.359. The second kappa shape index (κ2) is 22.4. The maximum absolute atomic E-state index is 11.8. The molecule has 0 N–H and O–H groups in total. The van der Waals surface area contributed by atoms with E-state index in [1.54, 1.807) is 6.92 Å². The van der Waals surface area contributed by atoms with Gasteiger partial charge in [0.25, 0.3) is 0 Å². The van der Waals surface area contributed by atoms with Gasteiger partial charge in [-0.2, -0.15) is 4.57 Å². The lowest BCUT2D eigenvalue weighted by atomic mass is 10.0. The van der Waals surface area contributed by atoms with E-state index in [1.165, 1.54) is 109 Å². The van der Waals surface area contributed by atoms with Gasteiger partial charge in [-0.05, 0) is 19.4 Å². The largest absolute Gasteiger partial charge is 1.00 e. The number of pyridine rings is 1. The lowest BCUT2D eigenvalue weighted by Crippen LogP contribution is -3.00. The van der Waals surface area contributed by atoms with Crippen LogP contribution in [-0.2, 0) is 11.3 Å². The molecule has 0 bridgehead atoms. The Morgan fingerprint density at radius 1 is 0.758 bits per heavy atom. The van der Waals surface area contributed by atoms with Crippen molar-refractivity contribution in [2.45, 2.75) is 136 Å². The zero-order valence-electron chi connectivity index (χ0n) is 21.6. The van der Waals surface area contributed by atoms with E-state index in [9.17, 15) is 4.79 Å². The minimum absolute atomic E-state index is 0. The Morgan fingerprint density at radius 3 is 1.61 bits per heavy atom. The molecule has 4 heteroatoms. The number of esters is 1. The number of unbranched alkanes of at least 4 members (excludes halogenated alkanes) is 17. The van der Waals surface area contributed by atoms with Crippen molar-refractivity contribution in [3.63, 3.8) is 0 Å². The van der Waals surface area contributed by atoms with Crippen molar-refractivity contribution in [1.29, 1.82) is 0 Å². The molecule has 0 saturated heterocycles. The number of halogens is 1. The highest BCUT2D eigenvalue weighted by Crippen LogP contribution is 2.14. The number of aryl methyl sites for hydroxylation is 1. The van der Waals surface area contributed by atoms with Crippen LogP contribution in [0.5, 0.6) is 5.88 Å². The molecule has 0 spiro atoms. The monoisotopic (exact) mass is 479 g/mol. The van der Waals surface area contributed by atoms with Gasteiger partial charge in [0.1, 0.15) is 0 Å². The fourth-order valence-corrected chi connectivity index (χ4v) is 4.10. The van der Waals surface area contributed by atoms with Gasteiger partial charge in [-0.15, -0.1) is 0 Å². The molecular formula is C29H50ClNO2. The molecule has 0 fully saturated rings. The second-order valence-corrected chi connectivity index (χ2v) is 9.41. The van der Waals surface area contributed by atoms with Crippen LogP contribution in [0.4, 0.5) is 0 Å². The summed E-state index contributed by atoms with van der Waals surface area (Å²) in [5.41, 5.74) is 0.425. The van der Waals surface area contributed by atoms with Crippen LogP contribution in [0.2, 0.25) is 0 Å². The molecule has 190 valence electrons. The Balaban J connectivity index is 0.0000102. The van der Waals surface area contributed by atoms with Crippen LogP contribution >= 0.6 is 0 Å². The van der Waals surface area contributed by atoms with Gasteiger partial charge in [-0.25, -0.2) is 4.79 Å². The maximum atomic E-state index is 11.8. The third-order valence-electron chi connectivity index (χ3n) is 6.20. The molecule has 0 aliphatic heterocycles. The van der Waals surface area contributed by atoms with Gasteiger partial charge >= 0.3 is 11.8 Å². The van der Waals surface area contributed by atoms with Crippen molar-refractivity contribution < 1.29 is 26.5 Å². The molecule has 1 rings (SSSR count). The fourth-order valence-electron chi connectivity index (χ4n) is 4.10. The van der Waals surface area contributed by atoms with E-state index in [2.05, 4.69) is 13.5 Å². The van der Waals surface area contributed by atoms with E-state index in [1.807, 2.05) is 29.0 Å². The van der Waals surface area contributed by atoms with Crippen LogP contribution < -0.4 is 21.7 Å². The molecule has 0 atom stereocenters. The Kier molecular flexibility index (Phi) is 21.5. The molecule has 0 radical (unpaired) electrons. The quantitative estimate of drug-likeness (QED) is 0.101. The minimum Gasteiger partial charge on any atom is -1.00 e. The lowest BCUT2D eigenvalue weighted by Gasteiger charge is -2.05. The fraction of sp³-hybridized carbons (Fsp3) is 0.724. The van der Waals surface area contributed by atoms with E-state index < -0.39 is 0 Å². The van der Waals surface area contributed by atoms with Crippen molar-refractivity contribution >= 4 is 5.97 Å². The van der Waals surface area contributed by atoms with Crippen LogP contribution in [0.15, 0.2) is 36.5 Å². The number of rotatable bonds is 21. The first-order valence-corrected chi connectivity index (χ1v) is 13.5. The van der Waals surface area contributed by atoms with Crippen molar-refractivity contribution in [2.75, 3.05) is 0 Å². The van der Waals surface area contributed by atoms with E-state index in [0.29, 0.717) is 11.5 Å². The Morgan fingerprint density at radius 2 is 1.18 bits per heavy atom. The third kappa shape index (κ3) is 17.7. The average Bonchev–Trinajstić information content (AvgIpc) is 2.79. The number of hydrogen-bond donors (Lipinski definition) is 0. The number of hydrogen-bond acceptors (Lipinski definition) is 2. The van der Waals surface area contributed by atoms with Crippen molar-refractivity contribution in [3.05, 3.63) is 36.5 Å². The Bertz CT molecular complexity index is 617. The number of ether oxygens (including phenoxy) is 1. The molecule has 3 nitrogen and oxygen atoms in total. The summed E-state index contributed by atoms with van der Waals surface area (Å²) < 4.78 is 7.44. The number of carbonyl (C=O) groups excluding carboxylic acids is 1. The molecule has 0 unspecified atom stereocenters. The topological polar surface area (TPSA) is 30.2 Å². The maximum Gasteiger partial charge on any atom is 0.375 e. The summed E-state index contributed by atoms with van der Waals surface area (Å²) >= 11 is 0. The Hall–Kier alpha value is -1.35. The second-order valence-electron chi connectivity index (χ2n) is 9.41. The third-order valence-corrected chi connectivity index (χ3v) is 6.20. The molecule has 1 aromatic rings. The zero-order chi connectivity index (χ0) is 23.3. The highest BCUT2D eigenvalue weighted by atomic mass is 35.5. The molecule has 1 aromatic heterocycles. The highest BCUT2D eigenvalue weighted by Gasteiger charge is 2.15. The van der Waals surface area contributed by atoms with Gasteiger partial charge in [0.2, 0.25) is 0 Å². The zero-order valence-corrected chi connectivity index (χ0v) is 22.3. The van der Waals surface area contributed by atoms with Crippen LogP contribution in [-0.4, -0.2) is 5.97 Å². The van der Waals surface area contributed by atoms with Crippen LogP contribution in [0.3, 0.4) is 0 Å². The van der Waals surface area contributed by atoms with Crippen LogP contribution in [0.25, 0.3) is 0 Å². The van der Waals surface area contributed by atoms with Crippen molar-refractivity contribution in [1.82, 2.24) is 0 Å². The first-order chi connectivity index (χ1) is 15.6. The SMILES string of the molecule is C=C(C)C(=O)Oc1cccc[n+]1CCCCCCCCCCCCCCCCCCCC.[Cl-]. The summed E-state index contributed by atoms with van der Waals surface area (Å²) in [5.74, 6) is 0.246. The average molecular weight is 480 g/mol. The van der Waals surface area contributed by atoms with E-state index >= 15 is 0 Å². The molecule has 33 heavy (non-hydrogen) atoms. The first kappa shape index (κ1) is 31.6. The number of aromatic nitrogens is 1. The molecular weight excluding hydrogens is 430 g/mol. The highest BCUT2D eigenvalue weighted by molar-refractivity contribution is 5.88. The predicted octanol–water partition coefficient (Wildman–Crippen LogP) is 5.50. The van der Waals surface area contributed by atoms with Gasteiger partial charge in [0.15, 0.2) is 12.7 Å². The summed E-state index contributed by atoms with van der Waals surface area (Å²) in [6.07, 6.45) is 26.9. The van der Waals surface area contributed by atoms with E-state index in [4.69, 9.17) is 4.74 Å². The van der Waals surface area contributed by atoms with E-state index in [-0.39, 0.29) is 18.4 Å². The normalized spacial score (nSPS) is 10.6. The van der Waals surface area contributed by atoms with Gasteiger partial charge in [-0.3, -0.25) is 0 Å². The molecule has 0 aromatic carbocycles.